The van der Waals surface area contributed by atoms with Crippen LogP contribution in [0.2, 0.25) is 5.02 Å². The van der Waals surface area contributed by atoms with Crippen molar-refractivity contribution in [3.05, 3.63) is 85.4 Å². The smallest absolute Gasteiger partial charge is 0.343 e. The van der Waals surface area contributed by atoms with Gasteiger partial charge >= 0.3 is 5.97 Å². The van der Waals surface area contributed by atoms with E-state index in [9.17, 15) is 19.2 Å². The summed E-state index contributed by atoms with van der Waals surface area (Å²) in [4.78, 5) is 55.8. The van der Waals surface area contributed by atoms with E-state index in [4.69, 9.17) is 16.3 Å². The Kier molecular flexibility index (Phi) is 5.31. The highest BCUT2D eigenvalue weighted by Crippen LogP contribution is 2.18. The molecular formula is C22H16ClN3O5. The number of rotatable bonds is 4. The standard InChI is InChI=1S/C22H16ClN3O5/c1-2-31-22(30)16-10-25-18-6-4-12(8-14(18)20(16)28)26-21(29)15-9-24-17-5-3-11(23)7-13(17)19(15)27/h3-10H,2H2,1H3,(H,24,27)(H,25,28)(H,26,29). The van der Waals surface area contributed by atoms with E-state index in [0.717, 1.165) is 0 Å². The van der Waals surface area contributed by atoms with Crippen LogP contribution in [0.25, 0.3) is 21.8 Å². The molecule has 4 aromatic rings. The molecule has 4 rings (SSSR count). The zero-order valence-corrected chi connectivity index (χ0v) is 17.0. The molecule has 0 bridgehead atoms. The van der Waals surface area contributed by atoms with E-state index < -0.39 is 22.7 Å². The lowest BCUT2D eigenvalue weighted by Crippen LogP contribution is -2.22. The van der Waals surface area contributed by atoms with Crippen molar-refractivity contribution in [3.63, 3.8) is 0 Å². The molecule has 9 heteroatoms. The number of hydrogen-bond acceptors (Lipinski definition) is 5. The van der Waals surface area contributed by atoms with Gasteiger partial charge in [-0.3, -0.25) is 14.4 Å². The Hall–Kier alpha value is -3.91. The molecular weight excluding hydrogens is 422 g/mol. The zero-order valence-electron chi connectivity index (χ0n) is 16.2. The fraction of sp³-hybridized carbons (Fsp3) is 0.0909. The number of carbonyl (C=O) groups is 2. The number of nitrogens with one attached hydrogen (secondary N) is 3. The van der Waals surface area contributed by atoms with Crippen molar-refractivity contribution < 1.29 is 14.3 Å². The summed E-state index contributed by atoms with van der Waals surface area (Å²) in [5.74, 6) is -1.39. The maximum atomic E-state index is 12.7. The number of carbonyl (C=O) groups excluding carboxylic acids is 2. The Morgan fingerprint density at radius 1 is 0.935 bits per heavy atom. The second-order valence-corrected chi connectivity index (χ2v) is 7.12. The molecule has 0 unspecified atom stereocenters. The molecule has 0 saturated heterocycles. The molecule has 0 radical (unpaired) electrons. The Balaban J connectivity index is 1.71. The highest BCUT2D eigenvalue weighted by Gasteiger charge is 2.16. The lowest BCUT2D eigenvalue weighted by Gasteiger charge is -2.08. The van der Waals surface area contributed by atoms with Crippen molar-refractivity contribution in [3.8, 4) is 0 Å². The number of H-pyrrole nitrogens is 2. The zero-order chi connectivity index (χ0) is 22.1. The van der Waals surface area contributed by atoms with Crippen molar-refractivity contribution in [2.45, 2.75) is 6.92 Å². The lowest BCUT2D eigenvalue weighted by atomic mass is 10.1. The summed E-state index contributed by atoms with van der Waals surface area (Å²) in [6.07, 6.45) is 2.61. The summed E-state index contributed by atoms with van der Waals surface area (Å²) in [5, 5.41) is 3.47. The van der Waals surface area contributed by atoms with E-state index in [2.05, 4.69) is 15.3 Å². The summed E-state index contributed by atoms with van der Waals surface area (Å²) in [5.41, 5.74) is 0.0710. The van der Waals surface area contributed by atoms with E-state index in [0.29, 0.717) is 16.1 Å². The van der Waals surface area contributed by atoms with Gasteiger partial charge in [0.25, 0.3) is 5.91 Å². The Labute approximate surface area is 179 Å². The van der Waals surface area contributed by atoms with Crippen molar-refractivity contribution in [1.82, 2.24) is 9.97 Å². The van der Waals surface area contributed by atoms with Crippen LogP contribution in [0, 0.1) is 0 Å². The Bertz CT molecular complexity index is 1470. The van der Waals surface area contributed by atoms with Crippen LogP contribution < -0.4 is 16.2 Å². The van der Waals surface area contributed by atoms with E-state index in [-0.39, 0.29) is 34.2 Å². The van der Waals surface area contributed by atoms with Crippen LogP contribution >= 0.6 is 11.6 Å². The third-order valence-electron chi connectivity index (χ3n) is 4.72. The van der Waals surface area contributed by atoms with Crippen molar-refractivity contribution in [2.24, 2.45) is 0 Å². The monoisotopic (exact) mass is 437 g/mol. The minimum absolute atomic E-state index is 0.107. The molecule has 0 fully saturated rings. The Morgan fingerprint density at radius 2 is 1.55 bits per heavy atom. The fourth-order valence-electron chi connectivity index (χ4n) is 3.21. The minimum atomic E-state index is -0.735. The van der Waals surface area contributed by atoms with Crippen LogP contribution in [0.1, 0.15) is 27.6 Å². The van der Waals surface area contributed by atoms with Gasteiger partial charge in [-0.2, -0.15) is 0 Å². The van der Waals surface area contributed by atoms with E-state index in [1.54, 1.807) is 31.2 Å². The SMILES string of the molecule is CCOC(=O)c1c[nH]c2ccc(NC(=O)c3c[nH]c4ccc(Cl)cc4c3=O)cc2c1=O. The van der Waals surface area contributed by atoms with Crippen LogP contribution in [0.5, 0.6) is 0 Å². The predicted molar refractivity (Wildman–Crippen MR) is 118 cm³/mol. The number of aromatic amines is 2. The van der Waals surface area contributed by atoms with Gasteiger partial charge in [0.15, 0.2) is 0 Å². The first-order valence-electron chi connectivity index (χ1n) is 9.34. The van der Waals surface area contributed by atoms with Gasteiger partial charge in [0.2, 0.25) is 10.9 Å². The number of benzene rings is 2. The maximum absolute atomic E-state index is 12.7. The van der Waals surface area contributed by atoms with Gasteiger partial charge < -0.3 is 20.0 Å². The van der Waals surface area contributed by atoms with Crippen LogP contribution in [0.15, 0.2) is 58.4 Å². The number of ether oxygens (including phenoxy) is 1. The van der Waals surface area contributed by atoms with E-state index >= 15 is 0 Å². The summed E-state index contributed by atoms with van der Waals surface area (Å²) >= 11 is 5.96. The van der Waals surface area contributed by atoms with Gasteiger partial charge in [-0.15, -0.1) is 0 Å². The normalized spacial score (nSPS) is 10.9. The Morgan fingerprint density at radius 3 is 2.26 bits per heavy atom. The van der Waals surface area contributed by atoms with E-state index in [1.165, 1.54) is 24.5 Å². The summed E-state index contributed by atoms with van der Waals surface area (Å²) < 4.78 is 4.89. The molecule has 0 aliphatic rings. The quantitative estimate of drug-likeness (QED) is 0.422. The molecule has 0 aliphatic heterocycles. The van der Waals surface area contributed by atoms with Gasteiger partial charge in [-0.05, 0) is 43.3 Å². The molecule has 2 heterocycles. The number of amides is 1. The second-order valence-electron chi connectivity index (χ2n) is 6.69. The van der Waals surface area contributed by atoms with Gasteiger partial charge in [-0.25, -0.2) is 4.79 Å². The van der Waals surface area contributed by atoms with Crippen LogP contribution in [0.3, 0.4) is 0 Å². The molecule has 0 atom stereocenters. The van der Waals surface area contributed by atoms with E-state index in [1.807, 2.05) is 0 Å². The highest BCUT2D eigenvalue weighted by molar-refractivity contribution is 6.31. The molecule has 1 amide bonds. The average Bonchev–Trinajstić information content (AvgIpc) is 2.75. The molecule has 0 aliphatic carbocycles. The lowest BCUT2D eigenvalue weighted by molar-refractivity contribution is 0.0524. The van der Waals surface area contributed by atoms with Gasteiger partial charge in [-0.1, -0.05) is 11.6 Å². The van der Waals surface area contributed by atoms with Gasteiger partial charge in [0.05, 0.1) is 6.61 Å². The maximum Gasteiger partial charge on any atom is 0.343 e. The highest BCUT2D eigenvalue weighted by atomic mass is 35.5. The van der Waals surface area contributed by atoms with Gasteiger partial charge in [0.1, 0.15) is 11.1 Å². The molecule has 2 aromatic carbocycles. The van der Waals surface area contributed by atoms with Gasteiger partial charge in [0, 0.05) is 44.9 Å². The summed E-state index contributed by atoms with van der Waals surface area (Å²) in [6.45, 7) is 1.78. The topological polar surface area (TPSA) is 121 Å². The number of esters is 1. The molecule has 0 saturated carbocycles. The first kappa shape index (κ1) is 20.4. The molecule has 3 N–H and O–H groups in total. The van der Waals surface area contributed by atoms with Crippen LogP contribution in [0.4, 0.5) is 5.69 Å². The van der Waals surface area contributed by atoms with Crippen molar-refractivity contribution in [2.75, 3.05) is 11.9 Å². The average molecular weight is 438 g/mol. The summed E-state index contributed by atoms with van der Waals surface area (Å²) in [7, 11) is 0. The number of halogens is 1. The van der Waals surface area contributed by atoms with Crippen molar-refractivity contribution in [1.29, 1.82) is 0 Å². The molecule has 0 spiro atoms. The molecule has 8 nitrogen and oxygen atoms in total. The number of anilines is 1. The molecule has 31 heavy (non-hydrogen) atoms. The number of hydrogen-bond donors (Lipinski definition) is 3. The first-order valence-corrected chi connectivity index (χ1v) is 9.71. The number of aromatic nitrogens is 2. The largest absolute Gasteiger partial charge is 0.462 e. The van der Waals surface area contributed by atoms with Crippen LogP contribution in [-0.4, -0.2) is 28.5 Å². The molecule has 156 valence electrons. The number of pyridine rings is 2. The number of fused-ring (bicyclic) bond motifs is 2. The fourth-order valence-corrected chi connectivity index (χ4v) is 3.39. The third-order valence-corrected chi connectivity index (χ3v) is 4.96. The minimum Gasteiger partial charge on any atom is -0.462 e. The summed E-state index contributed by atoms with van der Waals surface area (Å²) in [6, 6.07) is 9.37. The predicted octanol–water partition coefficient (Wildman–Crippen LogP) is 3.45. The third kappa shape index (κ3) is 3.80. The van der Waals surface area contributed by atoms with Crippen LogP contribution in [-0.2, 0) is 4.74 Å². The first-order chi connectivity index (χ1) is 14.9. The molecule has 2 aromatic heterocycles. The second kappa shape index (κ2) is 8.08. The van der Waals surface area contributed by atoms with Crippen molar-refractivity contribution >= 4 is 51.0 Å².